The maximum absolute atomic E-state index is 11.3. The molecule has 0 aliphatic carbocycles. The highest BCUT2D eigenvalue weighted by molar-refractivity contribution is 14.0. The van der Waals surface area contributed by atoms with Gasteiger partial charge in [-0.05, 0) is 32.6 Å². The molecule has 1 heterocycles. The largest absolute Gasteiger partial charge is 0.370 e. The van der Waals surface area contributed by atoms with E-state index in [0.717, 1.165) is 12.8 Å². The SMILES string of the molecule is CC(C)NC(N)=NCC1CCN(S(C)(=O)=O)CC1.I. The van der Waals surface area contributed by atoms with Crippen LogP contribution >= 0.6 is 24.0 Å². The second-order valence-electron chi connectivity index (χ2n) is 5.13. The molecule has 0 aromatic heterocycles. The van der Waals surface area contributed by atoms with Crippen molar-refractivity contribution < 1.29 is 8.42 Å². The van der Waals surface area contributed by atoms with Crippen LogP contribution in [0.4, 0.5) is 0 Å². The Hall–Kier alpha value is -0.0900. The van der Waals surface area contributed by atoms with Crippen molar-refractivity contribution in [2.75, 3.05) is 25.9 Å². The van der Waals surface area contributed by atoms with E-state index in [1.54, 1.807) is 0 Å². The van der Waals surface area contributed by atoms with Gasteiger partial charge < -0.3 is 11.1 Å². The highest BCUT2D eigenvalue weighted by Gasteiger charge is 2.24. The minimum absolute atomic E-state index is 0. The molecule has 1 fully saturated rings. The van der Waals surface area contributed by atoms with E-state index in [1.807, 2.05) is 13.8 Å². The van der Waals surface area contributed by atoms with E-state index in [-0.39, 0.29) is 30.0 Å². The molecular formula is C11H25IN4O2S. The van der Waals surface area contributed by atoms with Crippen LogP contribution in [0.3, 0.4) is 0 Å². The van der Waals surface area contributed by atoms with Gasteiger partial charge in [0.2, 0.25) is 10.0 Å². The average Bonchev–Trinajstić information content (AvgIpc) is 2.25. The summed E-state index contributed by atoms with van der Waals surface area (Å²) in [7, 11) is -3.04. The fourth-order valence-corrected chi connectivity index (χ4v) is 2.87. The van der Waals surface area contributed by atoms with E-state index in [4.69, 9.17) is 5.73 Å². The van der Waals surface area contributed by atoms with E-state index < -0.39 is 10.0 Å². The average molecular weight is 404 g/mol. The molecule has 8 heteroatoms. The summed E-state index contributed by atoms with van der Waals surface area (Å²) in [5.74, 6) is 0.894. The van der Waals surface area contributed by atoms with Crippen LogP contribution in [0.5, 0.6) is 0 Å². The van der Waals surface area contributed by atoms with Crippen molar-refractivity contribution in [2.24, 2.45) is 16.6 Å². The predicted octanol–water partition coefficient (Wildman–Crippen LogP) is 0.589. The summed E-state index contributed by atoms with van der Waals surface area (Å²) in [5.41, 5.74) is 5.72. The summed E-state index contributed by atoms with van der Waals surface area (Å²) in [6.07, 6.45) is 2.97. The van der Waals surface area contributed by atoms with Crippen molar-refractivity contribution >= 4 is 40.0 Å². The lowest BCUT2D eigenvalue weighted by molar-refractivity contribution is 0.280. The quantitative estimate of drug-likeness (QED) is 0.408. The molecule has 114 valence electrons. The van der Waals surface area contributed by atoms with Gasteiger partial charge in [0, 0.05) is 25.7 Å². The number of nitrogens with two attached hydrogens (primary N) is 1. The van der Waals surface area contributed by atoms with E-state index in [0.29, 0.717) is 31.5 Å². The molecule has 0 amide bonds. The Bertz CT molecular complexity index is 389. The van der Waals surface area contributed by atoms with Crippen LogP contribution in [-0.4, -0.2) is 50.6 Å². The molecule has 1 saturated heterocycles. The van der Waals surface area contributed by atoms with Gasteiger partial charge in [-0.25, -0.2) is 12.7 Å². The molecule has 1 aliphatic heterocycles. The van der Waals surface area contributed by atoms with Gasteiger partial charge in [-0.3, -0.25) is 4.99 Å². The van der Waals surface area contributed by atoms with Crippen LogP contribution in [0.25, 0.3) is 0 Å². The highest BCUT2D eigenvalue weighted by Crippen LogP contribution is 2.19. The molecule has 0 aromatic carbocycles. The lowest BCUT2D eigenvalue weighted by atomic mass is 9.98. The monoisotopic (exact) mass is 404 g/mol. The Morgan fingerprint density at radius 1 is 1.42 bits per heavy atom. The first-order chi connectivity index (χ1) is 8.29. The molecule has 0 aromatic rings. The summed E-state index contributed by atoms with van der Waals surface area (Å²) in [5, 5.41) is 3.04. The molecule has 0 unspecified atom stereocenters. The van der Waals surface area contributed by atoms with Gasteiger partial charge in [-0.1, -0.05) is 0 Å². The third-order valence-electron chi connectivity index (χ3n) is 3.00. The molecule has 19 heavy (non-hydrogen) atoms. The number of halogens is 1. The Balaban J connectivity index is 0.00000324. The zero-order chi connectivity index (χ0) is 13.8. The topological polar surface area (TPSA) is 87.8 Å². The fraction of sp³-hybridized carbons (Fsp3) is 0.909. The van der Waals surface area contributed by atoms with Gasteiger partial charge in [0.05, 0.1) is 6.26 Å². The number of nitrogens with zero attached hydrogens (tertiary/aromatic N) is 2. The maximum atomic E-state index is 11.3. The summed E-state index contributed by atoms with van der Waals surface area (Å²) in [6.45, 7) is 5.87. The van der Waals surface area contributed by atoms with Crippen molar-refractivity contribution in [3.05, 3.63) is 0 Å². The zero-order valence-corrected chi connectivity index (χ0v) is 14.9. The number of hydrogen-bond donors (Lipinski definition) is 2. The van der Waals surface area contributed by atoms with Gasteiger partial charge in [0.1, 0.15) is 0 Å². The van der Waals surface area contributed by atoms with Crippen LogP contribution in [0.2, 0.25) is 0 Å². The minimum atomic E-state index is -3.04. The first-order valence-corrected chi connectivity index (χ1v) is 8.15. The van der Waals surface area contributed by atoms with E-state index in [2.05, 4.69) is 10.3 Å². The number of aliphatic imine (C=N–C) groups is 1. The Morgan fingerprint density at radius 3 is 2.37 bits per heavy atom. The van der Waals surface area contributed by atoms with Crippen LogP contribution in [0.1, 0.15) is 26.7 Å². The van der Waals surface area contributed by atoms with Crippen molar-refractivity contribution in [3.8, 4) is 0 Å². The smallest absolute Gasteiger partial charge is 0.211 e. The van der Waals surface area contributed by atoms with Gasteiger partial charge in [0.25, 0.3) is 0 Å². The van der Waals surface area contributed by atoms with Crippen LogP contribution in [0, 0.1) is 5.92 Å². The van der Waals surface area contributed by atoms with Gasteiger partial charge >= 0.3 is 0 Å². The molecule has 3 N–H and O–H groups in total. The number of nitrogens with one attached hydrogen (secondary N) is 1. The Kier molecular flexibility index (Phi) is 8.21. The number of guanidine groups is 1. The first kappa shape index (κ1) is 18.9. The molecule has 0 atom stereocenters. The Labute approximate surface area is 133 Å². The Morgan fingerprint density at radius 2 is 1.95 bits per heavy atom. The fourth-order valence-electron chi connectivity index (χ4n) is 1.99. The van der Waals surface area contributed by atoms with Crippen LogP contribution in [0.15, 0.2) is 4.99 Å². The van der Waals surface area contributed by atoms with Gasteiger partial charge in [-0.2, -0.15) is 0 Å². The zero-order valence-electron chi connectivity index (χ0n) is 11.8. The minimum Gasteiger partial charge on any atom is -0.370 e. The summed E-state index contributed by atoms with van der Waals surface area (Å²) >= 11 is 0. The van der Waals surface area contributed by atoms with Gasteiger partial charge in [0.15, 0.2) is 5.96 Å². The number of sulfonamides is 1. The lowest BCUT2D eigenvalue weighted by Crippen LogP contribution is -2.39. The second-order valence-corrected chi connectivity index (χ2v) is 7.11. The molecule has 0 radical (unpaired) electrons. The molecular weight excluding hydrogens is 379 g/mol. The summed E-state index contributed by atoms with van der Waals surface area (Å²) in [6, 6.07) is 0.279. The van der Waals surface area contributed by atoms with Crippen molar-refractivity contribution in [1.82, 2.24) is 9.62 Å². The molecule has 6 nitrogen and oxygen atoms in total. The molecule has 0 bridgehead atoms. The van der Waals surface area contributed by atoms with E-state index in [1.165, 1.54) is 10.6 Å². The molecule has 1 aliphatic rings. The van der Waals surface area contributed by atoms with Gasteiger partial charge in [-0.15, -0.1) is 24.0 Å². The van der Waals surface area contributed by atoms with Crippen LogP contribution in [-0.2, 0) is 10.0 Å². The maximum Gasteiger partial charge on any atom is 0.211 e. The third kappa shape index (κ3) is 7.31. The summed E-state index contributed by atoms with van der Waals surface area (Å²) < 4.78 is 24.2. The highest BCUT2D eigenvalue weighted by atomic mass is 127. The third-order valence-corrected chi connectivity index (χ3v) is 4.30. The molecule has 1 rings (SSSR count). The number of hydrogen-bond acceptors (Lipinski definition) is 3. The summed E-state index contributed by atoms with van der Waals surface area (Å²) in [4.78, 5) is 4.29. The predicted molar refractivity (Wildman–Crippen MR) is 89.3 cm³/mol. The van der Waals surface area contributed by atoms with E-state index >= 15 is 0 Å². The first-order valence-electron chi connectivity index (χ1n) is 6.30. The lowest BCUT2D eigenvalue weighted by Gasteiger charge is -2.29. The normalized spacial score (nSPS) is 19.3. The van der Waals surface area contributed by atoms with Crippen LogP contribution < -0.4 is 11.1 Å². The standard InChI is InChI=1S/C11H24N4O2S.HI/c1-9(2)14-11(12)13-8-10-4-6-15(7-5-10)18(3,16)17;/h9-10H,4-8H2,1-3H3,(H3,12,13,14);1H. The van der Waals surface area contributed by atoms with Crippen molar-refractivity contribution in [3.63, 3.8) is 0 Å². The van der Waals surface area contributed by atoms with Crippen molar-refractivity contribution in [2.45, 2.75) is 32.7 Å². The second kappa shape index (κ2) is 8.25. The number of rotatable bonds is 4. The molecule has 0 saturated carbocycles. The number of piperidine rings is 1. The van der Waals surface area contributed by atoms with Crippen molar-refractivity contribution in [1.29, 1.82) is 0 Å². The molecule has 0 spiro atoms. The van der Waals surface area contributed by atoms with E-state index in [9.17, 15) is 8.42 Å².